The lowest BCUT2D eigenvalue weighted by atomic mass is 10.0. The number of hydrogen-bond donors (Lipinski definition) is 1. The summed E-state index contributed by atoms with van der Waals surface area (Å²) in [6, 6.07) is 3.75. The van der Waals surface area contributed by atoms with E-state index in [0.29, 0.717) is 4.90 Å². The van der Waals surface area contributed by atoms with Crippen LogP contribution >= 0.6 is 0 Å². The van der Waals surface area contributed by atoms with Gasteiger partial charge in [-0.05, 0) is 62.8 Å². The number of aryl methyl sites for hydroxylation is 1. The van der Waals surface area contributed by atoms with E-state index < -0.39 is 68.7 Å². The summed E-state index contributed by atoms with van der Waals surface area (Å²) in [4.78, 5) is 26.5. The molecule has 0 bridgehead atoms. The summed E-state index contributed by atoms with van der Waals surface area (Å²) in [6.45, 7) is 1.25. The van der Waals surface area contributed by atoms with E-state index >= 15 is 0 Å². The van der Waals surface area contributed by atoms with Gasteiger partial charge in [0.05, 0.1) is 22.3 Å². The summed E-state index contributed by atoms with van der Waals surface area (Å²) in [5.74, 6) is -3.08. The van der Waals surface area contributed by atoms with Crippen molar-refractivity contribution in [2.24, 2.45) is 5.41 Å². The average molecular weight is 487 g/mol. The molecule has 0 radical (unpaired) electrons. The standard InChI is InChI=1S/C21H21F4N3O4S/c1-12-8-13(22)2-3-16(12)33(31,32)14-9-15(27-10-14)17(29)28(19(11-26)4-5-19)18(30)20(6-7-20)21(23,24)25/h2-3,8,14-15,27H,4-7,9-10H2,1H3/t14-,15+/m1/s1. The monoisotopic (exact) mass is 487 g/mol. The van der Waals surface area contributed by atoms with Crippen LogP contribution < -0.4 is 5.32 Å². The van der Waals surface area contributed by atoms with E-state index in [1.165, 1.54) is 6.92 Å². The highest BCUT2D eigenvalue weighted by Crippen LogP contribution is 2.60. The summed E-state index contributed by atoms with van der Waals surface area (Å²) in [6.07, 6.45) is -5.93. The van der Waals surface area contributed by atoms with Crippen molar-refractivity contribution in [3.8, 4) is 6.07 Å². The van der Waals surface area contributed by atoms with E-state index in [-0.39, 0.29) is 36.3 Å². The number of rotatable bonds is 5. The van der Waals surface area contributed by atoms with Crippen LogP contribution in [0.5, 0.6) is 0 Å². The van der Waals surface area contributed by atoms with Crippen LogP contribution in [0.25, 0.3) is 0 Å². The fraction of sp³-hybridized carbons (Fsp3) is 0.571. The topological polar surface area (TPSA) is 107 Å². The van der Waals surface area contributed by atoms with Crippen LogP contribution in [0, 0.1) is 29.5 Å². The largest absolute Gasteiger partial charge is 0.403 e. The molecule has 0 aromatic heterocycles. The number of amides is 2. The Morgan fingerprint density at radius 1 is 1.21 bits per heavy atom. The molecule has 1 saturated heterocycles. The first kappa shape index (κ1) is 23.6. The molecule has 33 heavy (non-hydrogen) atoms. The summed E-state index contributed by atoms with van der Waals surface area (Å²) in [5.41, 5.74) is -4.13. The van der Waals surface area contributed by atoms with Gasteiger partial charge in [0.1, 0.15) is 16.8 Å². The number of nitrogens with zero attached hydrogens (tertiary/aromatic N) is 2. The van der Waals surface area contributed by atoms with Crippen LogP contribution in [0.3, 0.4) is 0 Å². The number of imide groups is 1. The van der Waals surface area contributed by atoms with E-state index in [1.54, 1.807) is 6.07 Å². The molecule has 1 N–H and O–H groups in total. The lowest BCUT2D eigenvalue weighted by Gasteiger charge is -2.32. The van der Waals surface area contributed by atoms with Crippen LogP contribution in [0.4, 0.5) is 17.6 Å². The quantitative estimate of drug-likeness (QED) is 0.388. The molecule has 7 nitrogen and oxygen atoms in total. The first-order chi connectivity index (χ1) is 15.3. The van der Waals surface area contributed by atoms with Crippen LogP contribution in [0.15, 0.2) is 23.1 Å². The molecule has 2 amide bonds. The summed E-state index contributed by atoms with van der Waals surface area (Å²) in [5, 5.41) is 11.1. The Morgan fingerprint density at radius 3 is 2.33 bits per heavy atom. The van der Waals surface area contributed by atoms with Crippen molar-refractivity contribution in [2.45, 2.75) is 66.9 Å². The number of sulfone groups is 1. The number of carbonyl (C=O) groups is 2. The second kappa shape index (κ2) is 7.50. The van der Waals surface area contributed by atoms with Crippen LogP contribution in [0.2, 0.25) is 0 Å². The minimum Gasteiger partial charge on any atom is -0.304 e. The second-order valence-corrected chi connectivity index (χ2v) is 11.2. The number of benzene rings is 1. The highest BCUT2D eigenvalue weighted by molar-refractivity contribution is 7.92. The van der Waals surface area contributed by atoms with Crippen LogP contribution in [-0.4, -0.2) is 54.7 Å². The Labute approximate surface area is 187 Å². The SMILES string of the molecule is Cc1cc(F)ccc1S(=O)(=O)[C@H]1CN[C@H](C(=O)N(C(=O)C2(C(F)(F)F)CC2)C2(C#N)CC2)C1. The molecule has 2 saturated carbocycles. The number of carbonyl (C=O) groups excluding carboxylic acids is 2. The molecule has 3 aliphatic rings. The Balaban J connectivity index is 1.59. The Bertz CT molecular complexity index is 1170. The first-order valence-electron chi connectivity index (χ1n) is 10.4. The molecule has 1 aliphatic heterocycles. The third-order valence-corrected chi connectivity index (χ3v) is 9.06. The molecule has 1 aromatic carbocycles. The van der Waals surface area contributed by atoms with Crippen molar-refractivity contribution in [1.29, 1.82) is 5.26 Å². The van der Waals surface area contributed by atoms with Crippen LogP contribution in [0.1, 0.15) is 37.7 Å². The molecule has 1 heterocycles. The van der Waals surface area contributed by atoms with Gasteiger partial charge in [-0.1, -0.05) is 0 Å². The van der Waals surface area contributed by atoms with Gasteiger partial charge in [-0.15, -0.1) is 0 Å². The van der Waals surface area contributed by atoms with Crippen molar-refractivity contribution in [3.63, 3.8) is 0 Å². The van der Waals surface area contributed by atoms with Crippen molar-refractivity contribution in [1.82, 2.24) is 10.2 Å². The fourth-order valence-electron chi connectivity index (χ4n) is 4.36. The van der Waals surface area contributed by atoms with Gasteiger partial charge in [-0.3, -0.25) is 14.5 Å². The zero-order valence-corrected chi connectivity index (χ0v) is 18.4. The van der Waals surface area contributed by atoms with E-state index in [9.17, 15) is 40.8 Å². The van der Waals surface area contributed by atoms with Crippen LogP contribution in [-0.2, 0) is 19.4 Å². The number of hydrogen-bond acceptors (Lipinski definition) is 6. The second-order valence-electron chi connectivity index (χ2n) is 8.98. The van der Waals surface area contributed by atoms with Gasteiger partial charge in [0.15, 0.2) is 9.84 Å². The summed E-state index contributed by atoms with van der Waals surface area (Å²) >= 11 is 0. The molecule has 178 valence electrons. The van der Waals surface area contributed by atoms with Gasteiger partial charge in [-0.25, -0.2) is 12.8 Å². The Kier molecular flexibility index (Phi) is 5.37. The van der Waals surface area contributed by atoms with Gasteiger partial charge in [0, 0.05) is 6.54 Å². The summed E-state index contributed by atoms with van der Waals surface area (Å²) in [7, 11) is -3.99. The third-order valence-electron chi connectivity index (χ3n) is 6.76. The molecule has 2 atom stereocenters. The number of halogens is 4. The van der Waals surface area contributed by atoms with E-state index in [1.807, 2.05) is 0 Å². The maximum atomic E-state index is 13.6. The molecular weight excluding hydrogens is 466 g/mol. The highest BCUT2D eigenvalue weighted by atomic mass is 32.2. The van der Waals surface area contributed by atoms with Crippen molar-refractivity contribution in [3.05, 3.63) is 29.6 Å². The number of nitrogens with one attached hydrogen (secondary N) is 1. The Hall–Kier alpha value is -2.52. The van der Waals surface area contributed by atoms with Gasteiger partial charge in [0.25, 0.3) is 0 Å². The van der Waals surface area contributed by atoms with E-state index in [2.05, 4.69) is 5.32 Å². The van der Waals surface area contributed by atoms with E-state index in [4.69, 9.17) is 0 Å². The van der Waals surface area contributed by atoms with Crippen molar-refractivity contribution in [2.75, 3.05) is 6.54 Å². The smallest absolute Gasteiger partial charge is 0.304 e. The molecule has 0 unspecified atom stereocenters. The first-order valence-corrected chi connectivity index (χ1v) is 11.9. The molecule has 4 rings (SSSR count). The predicted molar refractivity (Wildman–Crippen MR) is 106 cm³/mol. The maximum absolute atomic E-state index is 13.6. The lowest BCUT2D eigenvalue weighted by molar-refractivity contribution is -0.200. The molecule has 1 aromatic rings. The molecule has 2 aliphatic carbocycles. The van der Waals surface area contributed by atoms with Gasteiger partial charge >= 0.3 is 6.18 Å². The zero-order valence-electron chi connectivity index (χ0n) is 17.6. The van der Waals surface area contributed by atoms with Gasteiger partial charge in [-0.2, -0.15) is 18.4 Å². The van der Waals surface area contributed by atoms with Crippen molar-refractivity contribution < 1.29 is 35.6 Å². The minimum atomic E-state index is -4.86. The molecule has 3 fully saturated rings. The maximum Gasteiger partial charge on any atom is 0.403 e. The summed E-state index contributed by atoms with van der Waals surface area (Å²) < 4.78 is 80.2. The molecule has 0 spiro atoms. The number of nitriles is 1. The van der Waals surface area contributed by atoms with E-state index in [0.717, 1.165) is 18.2 Å². The fourth-order valence-corrected chi connectivity index (χ4v) is 6.25. The Morgan fingerprint density at radius 2 is 1.85 bits per heavy atom. The third kappa shape index (κ3) is 3.71. The predicted octanol–water partition coefficient (Wildman–Crippen LogP) is 2.39. The zero-order chi connectivity index (χ0) is 24.4. The molecule has 12 heteroatoms. The lowest BCUT2D eigenvalue weighted by Crippen LogP contribution is -2.56. The number of alkyl halides is 3. The molecular formula is C21H21F4N3O4S. The average Bonchev–Trinajstić information content (AvgIpc) is 3.64. The van der Waals surface area contributed by atoms with Gasteiger partial charge in [0.2, 0.25) is 11.8 Å². The highest BCUT2D eigenvalue weighted by Gasteiger charge is 2.72. The minimum absolute atomic E-state index is 0.0676. The van der Waals surface area contributed by atoms with Crippen molar-refractivity contribution >= 4 is 21.7 Å². The van der Waals surface area contributed by atoms with Gasteiger partial charge < -0.3 is 5.32 Å². The normalized spacial score (nSPS) is 25.2.